The van der Waals surface area contributed by atoms with Crippen LogP contribution in [0.2, 0.25) is 0 Å². The Hall–Kier alpha value is -0.880. The van der Waals surface area contributed by atoms with Crippen LogP contribution in [0, 0.1) is 0 Å². The number of rotatable bonds is 3. The van der Waals surface area contributed by atoms with Crippen molar-refractivity contribution >= 4 is 9.84 Å². The number of aromatic nitrogens is 1. The highest BCUT2D eigenvalue weighted by Gasteiger charge is 2.30. The summed E-state index contributed by atoms with van der Waals surface area (Å²) in [5.41, 5.74) is 0.447. The van der Waals surface area contributed by atoms with Gasteiger partial charge in [-0.3, -0.25) is 0 Å². The molecule has 1 fully saturated rings. The molecule has 0 bridgehead atoms. The highest BCUT2D eigenvalue weighted by molar-refractivity contribution is 7.92. The first-order chi connectivity index (χ1) is 7.62. The molecule has 0 radical (unpaired) electrons. The van der Waals surface area contributed by atoms with Gasteiger partial charge in [-0.2, -0.15) is 0 Å². The van der Waals surface area contributed by atoms with E-state index < -0.39 is 9.84 Å². The minimum atomic E-state index is -2.98. The van der Waals surface area contributed by atoms with Gasteiger partial charge in [0.15, 0.2) is 15.7 Å². The minimum absolute atomic E-state index is 0.180. The second-order valence-corrected chi connectivity index (χ2v) is 6.48. The molecule has 0 saturated carbocycles. The summed E-state index contributed by atoms with van der Waals surface area (Å²) in [6.45, 7) is -0.180. The van der Waals surface area contributed by atoms with Gasteiger partial charge in [-0.1, -0.05) is 6.42 Å². The van der Waals surface area contributed by atoms with Crippen LogP contribution >= 0.6 is 0 Å². The summed E-state index contributed by atoms with van der Waals surface area (Å²) in [4.78, 5) is 4.01. The minimum Gasteiger partial charge on any atom is -0.449 e. The lowest BCUT2D eigenvalue weighted by atomic mass is 10.1. The summed E-state index contributed by atoms with van der Waals surface area (Å²) in [5, 5.41) is 8.45. The lowest BCUT2D eigenvalue weighted by Crippen LogP contribution is -2.30. The first-order valence-corrected chi connectivity index (χ1v) is 7.09. The van der Waals surface area contributed by atoms with Crippen LogP contribution in [0.25, 0.3) is 0 Å². The summed E-state index contributed by atoms with van der Waals surface area (Å²) >= 11 is 0. The van der Waals surface area contributed by atoms with Crippen LogP contribution in [-0.4, -0.2) is 29.5 Å². The molecule has 1 aliphatic rings. The van der Waals surface area contributed by atoms with E-state index in [1.165, 1.54) is 6.26 Å². The highest BCUT2D eigenvalue weighted by Crippen LogP contribution is 2.22. The predicted octanol–water partition coefficient (Wildman–Crippen LogP) is 0.677. The van der Waals surface area contributed by atoms with E-state index in [4.69, 9.17) is 9.52 Å². The summed E-state index contributed by atoms with van der Waals surface area (Å²) < 4.78 is 28.6. The molecule has 6 heteroatoms. The third-order valence-corrected chi connectivity index (χ3v) is 5.15. The zero-order valence-electron chi connectivity index (χ0n) is 8.92. The van der Waals surface area contributed by atoms with Crippen molar-refractivity contribution in [3.05, 3.63) is 17.8 Å². The Labute approximate surface area is 94.4 Å². The fraction of sp³-hybridized carbons (Fsp3) is 0.700. The molecule has 2 rings (SSSR count). The average molecular weight is 245 g/mol. The molecule has 0 aromatic carbocycles. The number of sulfone groups is 1. The molecule has 5 nitrogen and oxygen atoms in total. The monoisotopic (exact) mass is 245 g/mol. The molecule has 16 heavy (non-hydrogen) atoms. The van der Waals surface area contributed by atoms with Crippen molar-refractivity contribution in [1.82, 2.24) is 4.98 Å². The number of oxazole rings is 1. The Balaban J connectivity index is 2.08. The summed E-state index contributed by atoms with van der Waals surface area (Å²) in [5.74, 6) is 0.671. The van der Waals surface area contributed by atoms with Crippen molar-refractivity contribution in [2.24, 2.45) is 0 Å². The molecule has 0 spiro atoms. The molecular weight excluding hydrogens is 230 g/mol. The van der Waals surface area contributed by atoms with Gasteiger partial charge in [0, 0.05) is 6.42 Å². The predicted molar refractivity (Wildman–Crippen MR) is 57.6 cm³/mol. The first-order valence-electron chi connectivity index (χ1n) is 5.37. The molecule has 1 aromatic heterocycles. The molecular formula is C10H15NO4S. The average Bonchev–Trinajstić information content (AvgIpc) is 2.69. The van der Waals surface area contributed by atoms with Crippen molar-refractivity contribution in [2.75, 3.05) is 5.75 Å². The largest absolute Gasteiger partial charge is 0.449 e. The van der Waals surface area contributed by atoms with E-state index in [9.17, 15) is 8.42 Å². The quantitative estimate of drug-likeness (QED) is 0.846. The van der Waals surface area contributed by atoms with Gasteiger partial charge in [0.1, 0.15) is 12.0 Å². The van der Waals surface area contributed by atoms with E-state index >= 15 is 0 Å². The molecule has 1 aromatic rings. The van der Waals surface area contributed by atoms with Crippen molar-refractivity contribution in [3.63, 3.8) is 0 Å². The second-order valence-electron chi connectivity index (χ2n) is 4.08. The van der Waals surface area contributed by atoms with E-state index in [0.717, 1.165) is 12.8 Å². The fourth-order valence-corrected chi connectivity index (χ4v) is 3.82. The standard InChI is InChI=1S/C10H15NO4S/c12-6-8-7-15-10(11-8)5-9-3-1-2-4-16(9,13)14/h7,9,12H,1-6H2. The van der Waals surface area contributed by atoms with Gasteiger partial charge in [-0.25, -0.2) is 13.4 Å². The second kappa shape index (κ2) is 4.55. The van der Waals surface area contributed by atoms with Crippen LogP contribution in [-0.2, 0) is 22.9 Å². The third-order valence-electron chi connectivity index (χ3n) is 2.88. The smallest absolute Gasteiger partial charge is 0.195 e. The number of aliphatic hydroxyl groups is 1. The van der Waals surface area contributed by atoms with Crippen LogP contribution in [0.15, 0.2) is 10.7 Å². The van der Waals surface area contributed by atoms with Crippen molar-refractivity contribution in [3.8, 4) is 0 Å². The van der Waals surface area contributed by atoms with E-state index in [-0.39, 0.29) is 17.6 Å². The SMILES string of the molecule is O=S1(=O)CCCCC1Cc1nc(CO)co1. The molecule has 1 aliphatic heterocycles. The van der Waals surface area contributed by atoms with Crippen molar-refractivity contribution in [1.29, 1.82) is 0 Å². The van der Waals surface area contributed by atoms with Crippen molar-refractivity contribution in [2.45, 2.75) is 37.5 Å². The number of aliphatic hydroxyl groups excluding tert-OH is 1. The van der Waals surface area contributed by atoms with Gasteiger partial charge in [-0.05, 0) is 12.8 Å². The molecule has 1 saturated heterocycles. The topological polar surface area (TPSA) is 80.4 Å². The maximum Gasteiger partial charge on any atom is 0.195 e. The summed E-state index contributed by atoms with van der Waals surface area (Å²) in [6, 6.07) is 0. The maximum absolute atomic E-state index is 11.7. The number of hydrogen-bond donors (Lipinski definition) is 1. The van der Waals surface area contributed by atoms with Crippen LogP contribution in [0.5, 0.6) is 0 Å². The van der Waals surface area contributed by atoms with Gasteiger partial charge in [0.2, 0.25) is 0 Å². The van der Waals surface area contributed by atoms with Gasteiger partial charge in [-0.15, -0.1) is 0 Å². The number of nitrogens with zero attached hydrogens (tertiary/aromatic N) is 1. The summed E-state index contributed by atoms with van der Waals surface area (Å²) in [6.07, 6.45) is 4.07. The van der Waals surface area contributed by atoms with Gasteiger partial charge >= 0.3 is 0 Å². The van der Waals surface area contributed by atoms with Gasteiger partial charge in [0.05, 0.1) is 17.6 Å². The van der Waals surface area contributed by atoms with Gasteiger partial charge in [0.25, 0.3) is 0 Å². The zero-order valence-corrected chi connectivity index (χ0v) is 9.74. The van der Waals surface area contributed by atoms with Crippen LogP contribution in [0.3, 0.4) is 0 Å². The lowest BCUT2D eigenvalue weighted by Gasteiger charge is -2.20. The van der Waals surface area contributed by atoms with E-state index in [1.807, 2.05) is 0 Å². The molecule has 2 heterocycles. The van der Waals surface area contributed by atoms with E-state index in [0.29, 0.717) is 24.4 Å². The van der Waals surface area contributed by atoms with Crippen LogP contribution in [0.1, 0.15) is 30.8 Å². The Morgan fingerprint density at radius 2 is 2.31 bits per heavy atom. The third kappa shape index (κ3) is 2.44. The maximum atomic E-state index is 11.7. The molecule has 1 atom stereocenters. The molecule has 0 aliphatic carbocycles. The van der Waals surface area contributed by atoms with Crippen LogP contribution < -0.4 is 0 Å². The van der Waals surface area contributed by atoms with E-state index in [1.54, 1.807) is 0 Å². The van der Waals surface area contributed by atoms with Crippen molar-refractivity contribution < 1.29 is 17.9 Å². The Bertz CT molecular complexity index is 451. The molecule has 90 valence electrons. The molecule has 1 N–H and O–H groups in total. The number of hydrogen-bond acceptors (Lipinski definition) is 5. The Morgan fingerprint density at radius 3 is 2.94 bits per heavy atom. The summed E-state index contributed by atoms with van der Waals surface area (Å²) in [7, 11) is -2.98. The highest BCUT2D eigenvalue weighted by atomic mass is 32.2. The normalized spacial score (nSPS) is 24.4. The molecule has 0 amide bonds. The molecule has 1 unspecified atom stereocenters. The first kappa shape index (κ1) is 11.6. The Kier molecular flexibility index (Phi) is 3.30. The lowest BCUT2D eigenvalue weighted by molar-refractivity contribution is 0.276. The fourth-order valence-electron chi connectivity index (χ4n) is 1.96. The van der Waals surface area contributed by atoms with Crippen LogP contribution in [0.4, 0.5) is 0 Å². The van der Waals surface area contributed by atoms with Gasteiger partial charge < -0.3 is 9.52 Å². The zero-order chi connectivity index (χ0) is 11.6. The Morgan fingerprint density at radius 1 is 1.50 bits per heavy atom. The van der Waals surface area contributed by atoms with E-state index in [2.05, 4.69) is 4.98 Å².